The van der Waals surface area contributed by atoms with Crippen LogP contribution in [0.1, 0.15) is 37.8 Å². The molecule has 5 heteroatoms. The Kier molecular flexibility index (Phi) is 4.71. The minimum absolute atomic E-state index is 0.0131. The van der Waals surface area contributed by atoms with Crippen LogP contribution in [-0.4, -0.2) is 18.0 Å². The zero-order valence-electron chi connectivity index (χ0n) is 12.1. The predicted molar refractivity (Wildman–Crippen MR) is 75.1 cm³/mol. The number of pyridine rings is 1. The molecule has 20 heavy (non-hydrogen) atoms. The molecular formula is C15H22N3O2+. The molecule has 1 aromatic heterocycles. The van der Waals surface area contributed by atoms with E-state index in [9.17, 15) is 9.59 Å². The van der Waals surface area contributed by atoms with Crippen molar-refractivity contribution in [3.8, 4) is 0 Å². The van der Waals surface area contributed by atoms with Crippen molar-refractivity contribution < 1.29 is 14.2 Å². The molecule has 0 bridgehead atoms. The molecule has 1 aliphatic carbocycles. The van der Waals surface area contributed by atoms with Crippen molar-refractivity contribution >= 4 is 11.9 Å². The van der Waals surface area contributed by atoms with E-state index in [0.717, 1.165) is 12.8 Å². The van der Waals surface area contributed by atoms with Crippen LogP contribution in [-0.2, 0) is 24.2 Å². The number of hydrogen-bond donors (Lipinski definition) is 2. The summed E-state index contributed by atoms with van der Waals surface area (Å²) in [5.74, 6) is -0.302. The maximum Gasteiger partial charge on any atom is 0.321 e. The van der Waals surface area contributed by atoms with Crippen LogP contribution in [0, 0.1) is 0 Å². The Labute approximate surface area is 119 Å². The number of imide groups is 1. The summed E-state index contributed by atoms with van der Waals surface area (Å²) in [4.78, 5) is 23.2. The Bertz CT molecular complexity index is 512. The van der Waals surface area contributed by atoms with Crippen LogP contribution in [0.2, 0.25) is 0 Å². The summed E-state index contributed by atoms with van der Waals surface area (Å²) in [6, 6.07) is 1.65. The van der Waals surface area contributed by atoms with E-state index in [2.05, 4.69) is 16.7 Å². The van der Waals surface area contributed by atoms with Crippen molar-refractivity contribution in [2.75, 3.05) is 0 Å². The highest BCUT2D eigenvalue weighted by Gasteiger charge is 2.17. The molecule has 0 spiro atoms. The van der Waals surface area contributed by atoms with Crippen molar-refractivity contribution in [1.29, 1.82) is 0 Å². The average molecular weight is 276 g/mol. The molecule has 0 unspecified atom stereocenters. The minimum atomic E-state index is -0.441. The lowest BCUT2D eigenvalue weighted by atomic mass is 9.93. The smallest absolute Gasteiger partial charge is 0.321 e. The zero-order valence-corrected chi connectivity index (χ0v) is 12.1. The van der Waals surface area contributed by atoms with E-state index in [-0.39, 0.29) is 18.5 Å². The Morgan fingerprint density at radius 3 is 2.65 bits per heavy atom. The molecule has 0 aromatic carbocycles. The standard InChI is InChI=1S/C15H21N3O2/c1-11(2)16-15(20)17-14(19)10-18-8-7-12-5-3-4-6-13(12)9-18/h7-9,11H,3-6,10H2,1-2H3,(H-,16,17,19,20)/p+1. The lowest BCUT2D eigenvalue weighted by Crippen LogP contribution is -2.48. The Hall–Kier alpha value is -1.91. The second kappa shape index (κ2) is 6.50. The monoisotopic (exact) mass is 276 g/mol. The Balaban J connectivity index is 1.92. The van der Waals surface area contributed by atoms with Crippen molar-refractivity contribution in [2.45, 2.75) is 52.1 Å². The van der Waals surface area contributed by atoms with Crippen LogP contribution in [0.25, 0.3) is 0 Å². The van der Waals surface area contributed by atoms with Gasteiger partial charge in [0.15, 0.2) is 12.4 Å². The fraction of sp³-hybridized carbons (Fsp3) is 0.533. The molecule has 2 rings (SSSR count). The van der Waals surface area contributed by atoms with E-state index in [1.807, 2.05) is 30.8 Å². The number of amides is 3. The largest absolute Gasteiger partial charge is 0.336 e. The van der Waals surface area contributed by atoms with E-state index >= 15 is 0 Å². The van der Waals surface area contributed by atoms with Gasteiger partial charge in [0.25, 0.3) is 5.91 Å². The van der Waals surface area contributed by atoms with Gasteiger partial charge in [-0.15, -0.1) is 0 Å². The number of nitrogens with one attached hydrogen (secondary N) is 2. The lowest BCUT2D eigenvalue weighted by Gasteiger charge is -2.13. The van der Waals surface area contributed by atoms with Crippen LogP contribution in [0.15, 0.2) is 18.5 Å². The molecule has 108 valence electrons. The molecule has 1 aliphatic rings. The van der Waals surface area contributed by atoms with Gasteiger partial charge < -0.3 is 5.32 Å². The van der Waals surface area contributed by atoms with Gasteiger partial charge in [0.2, 0.25) is 6.54 Å². The second-order valence-electron chi connectivity index (χ2n) is 5.55. The second-order valence-corrected chi connectivity index (χ2v) is 5.55. The molecule has 1 aromatic rings. The number of aromatic nitrogens is 1. The van der Waals surface area contributed by atoms with Gasteiger partial charge in [-0.25, -0.2) is 4.79 Å². The molecule has 0 saturated heterocycles. The number of urea groups is 1. The summed E-state index contributed by atoms with van der Waals surface area (Å²) in [5, 5.41) is 4.96. The Morgan fingerprint density at radius 2 is 1.95 bits per heavy atom. The summed E-state index contributed by atoms with van der Waals surface area (Å²) >= 11 is 0. The molecule has 0 saturated carbocycles. The minimum Gasteiger partial charge on any atom is -0.336 e. The van der Waals surface area contributed by atoms with Gasteiger partial charge in [-0.3, -0.25) is 10.1 Å². The molecule has 3 amide bonds. The van der Waals surface area contributed by atoms with Crippen LogP contribution >= 0.6 is 0 Å². The van der Waals surface area contributed by atoms with Gasteiger partial charge >= 0.3 is 6.03 Å². The predicted octanol–water partition coefficient (Wildman–Crippen LogP) is 1.09. The van der Waals surface area contributed by atoms with Gasteiger partial charge in [0.1, 0.15) is 0 Å². The molecule has 0 aliphatic heterocycles. The van der Waals surface area contributed by atoms with Crippen molar-refractivity contribution in [3.63, 3.8) is 0 Å². The molecule has 0 atom stereocenters. The number of rotatable bonds is 3. The number of hydrogen-bond acceptors (Lipinski definition) is 2. The van der Waals surface area contributed by atoms with Gasteiger partial charge in [-0.05, 0) is 45.1 Å². The summed E-state index contributed by atoms with van der Waals surface area (Å²) < 4.78 is 1.84. The Morgan fingerprint density at radius 1 is 1.25 bits per heavy atom. The van der Waals surface area contributed by atoms with E-state index in [1.54, 1.807) is 0 Å². The fourth-order valence-electron chi connectivity index (χ4n) is 2.45. The molecule has 1 heterocycles. The molecule has 0 fully saturated rings. The third kappa shape index (κ3) is 4.05. The summed E-state index contributed by atoms with van der Waals surface area (Å²) in [5.41, 5.74) is 2.70. The number of fused-ring (bicyclic) bond motifs is 1. The molecular weight excluding hydrogens is 254 g/mol. The van der Waals surface area contributed by atoms with Gasteiger partial charge in [-0.2, -0.15) is 4.57 Å². The number of carbonyl (C=O) groups excluding carboxylic acids is 2. The van der Waals surface area contributed by atoms with Crippen LogP contribution in [0.3, 0.4) is 0 Å². The zero-order chi connectivity index (χ0) is 14.5. The molecule has 2 N–H and O–H groups in total. The van der Waals surface area contributed by atoms with E-state index < -0.39 is 6.03 Å². The number of nitrogens with zero attached hydrogens (tertiary/aromatic N) is 1. The van der Waals surface area contributed by atoms with Gasteiger partial charge in [0.05, 0.1) is 0 Å². The maximum atomic E-state index is 11.8. The van der Waals surface area contributed by atoms with Crippen LogP contribution < -0.4 is 15.2 Å². The first-order valence-electron chi connectivity index (χ1n) is 7.16. The third-order valence-corrected chi connectivity index (χ3v) is 3.34. The number of carbonyl (C=O) groups is 2. The first kappa shape index (κ1) is 14.5. The maximum absolute atomic E-state index is 11.8. The normalized spacial score (nSPS) is 13.8. The molecule has 0 radical (unpaired) electrons. The number of aryl methyl sites for hydroxylation is 2. The first-order chi connectivity index (χ1) is 9.54. The van der Waals surface area contributed by atoms with Gasteiger partial charge in [-0.1, -0.05) is 0 Å². The topological polar surface area (TPSA) is 62.1 Å². The summed E-state index contributed by atoms with van der Waals surface area (Å²) in [7, 11) is 0. The fourth-order valence-corrected chi connectivity index (χ4v) is 2.45. The average Bonchev–Trinajstić information content (AvgIpc) is 2.37. The van der Waals surface area contributed by atoms with E-state index in [0.29, 0.717) is 0 Å². The quantitative estimate of drug-likeness (QED) is 0.812. The summed E-state index contributed by atoms with van der Waals surface area (Å²) in [6.07, 6.45) is 8.58. The van der Waals surface area contributed by atoms with Crippen LogP contribution in [0.5, 0.6) is 0 Å². The highest BCUT2D eigenvalue weighted by molar-refractivity contribution is 5.93. The lowest BCUT2D eigenvalue weighted by molar-refractivity contribution is -0.684. The van der Waals surface area contributed by atoms with Crippen molar-refractivity contribution in [2.24, 2.45) is 0 Å². The third-order valence-electron chi connectivity index (χ3n) is 3.34. The first-order valence-corrected chi connectivity index (χ1v) is 7.16. The molecule has 5 nitrogen and oxygen atoms in total. The van der Waals surface area contributed by atoms with Crippen molar-refractivity contribution in [1.82, 2.24) is 10.6 Å². The summed E-state index contributed by atoms with van der Waals surface area (Å²) in [6.45, 7) is 3.86. The van der Waals surface area contributed by atoms with Crippen molar-refractivity contribution in [3.05, 3.63) is 29.6 Å². The SMILES string of the molecule is CC(C)NC(=O)NC(=O)C[n+]1ccc2c(c1)CCCC2. The van der Waals surface area contributed by atoms with E-state index in [1.165, 1.54) is 24.0 Å². The highest BCUT2D eigenvalue weighted by Crippen LogP contribution is 2.18. The van der Waals surface area contributed by atoms with E-state index in [4.69, 9.17) is 0 Å². The van der Waals surface area contributed by atoms with Gasteiger partial charge in [0, 0.05) is 17.7 Å². The van der Waals surface area contributed by atoms with Crippen LogP contribution in [0.4, 0.5) is 4.79 Å². The highest BCUT2D eigenvalue weighted by atomic mass is 16.2.